The van der Waals surface area contributed by atoms with E-state index in [1.807, 2.05) is 30.3 Å². The molecule has 2 aliphatic rings. The second kappa shape index (κ2) is 5.69. The SMILES string of the molecule is CC(=O)OC(C(=O)N1CC2=C(CNC2)C1)c1ccccc1. The average Bonchev–Trinajstić information content (AvgIpc) is 3.06. The van der Waals surface area contributed by atoms with Crippen molar-refractivity contribution in [2.24, 2.45) is 0 Å². The third kappa shape index (κ3) is 2.83. The number of hydrogen-bond acceptors (Lipinski definition) is 4. The normalized spacial score (nSPS) is 18.6. The molecule has 3 rings (SSSR count). The number of carbonyl (C=O) groups excluding carboxylic acids is 2. The molecule has 0 aliphatic carbocycles. The summed E-state index contributed by atoms with van der Waals surface area (Å²) in [6.07, 6.45) is -0.850. The molecule has 1 aromatic rings. The lowest BCUT2D eigenvalue weighted by molar-refractivity contribution is -0.158. The fourth-order valence-corrected chi connectivity index (χ4v) is 2.84. The van der Waals surface area contributed by atoms with Gasteiger partial charge in [0.25, 0.3) is 5.91 Å². The fourth-order valence-electron chi connectivity index (χ4n) is 2.84. The van der Waals surface area contributed by atoms with E-state index in [9.17, 15) is 9.59 Å². The van der Waals surface area contributed by atoms with Gasteiger partial charge in [-0.25, -0.2) is 0 Å². The Morgan fingerprint density at radius 2 is 1.76 bits per heavy atom. The minimum Gasteiger partial charge on any atom is -0.447 e. The van der Waals surface area contributed by atoms with Crippen molar-refractivity contribution in [3.8, 4) is 0 Å². The minimum atomic E-state index is -0.850. The van der Waals surface area contributed by atoms with E-state index in [-0.39, 0.29) is 5.91 Å². The number of ether oxygens (including phenoxy) is 1. The summed E-state index contributed by atoms with van der Waals surface area (Å²) >= 11 is 0. The van der Waals surface area contributed by atoms with Gasteiger partial charge >= 0.3 is 5.97 Å². The van der Waals surface area contributed by atoms with Gasteiger partial charge in [0.05, 0.1) is 0 Å². The zero-order valence-electron chi connectivity index (χ0n) is 12.0. The van der Waals surface area contributed by atoms with E-state index in [1.54, 1.807) is 4.90 Å². The molecule has 0 radical (unpaired) electrons. The van der Waals surface area contributed by atoms with Gasteiger partial charge in [-0.15, -0.1) is 0 Å². The Morgan fingerprint density at radius 1 is 1.14 bits per heavy atom. The number of rotatable bonds is 3. The van der Waals surface area contributed by atoms with Crippen LogP contribution in [0.4, 0.5) is 0 Å². The Morgan fingerprint density at radius 3 is 2.33 bits per heavy atom. The fraction of sp³-hybridized carbons (Fsp3) is 0.375. The predicted molar refractivity (Wildman–Crippen MR) is 77.4 cm³/mol. The quantitative estimate of drug-likeness (QED) is 0.666. The molecule has 0 saturated carbocycles. The number of nitrogens with zero attached hydrogens (tertiary/aromatic N) is 1. The van der Waals surface area contributed by atoms with Crippen LogP contribution in [0.5, 0.6) is 0 Å². The smallest absolute Gasteiger partial charge is 0.303 e. The maximum absolute atomic E-state index is 12.7. The van der Waals surface area contributed by atoms with Crippen LogP contribution in [0.15, 0.2) is 41.5 Å². The molecule has 21 heavy (non-hydrogen) atoms. The molecular formula is C16H18N2O3. The number of carbonyl (C=O) groups is 2. The summed E-state index contributed by atoms with van der Waals surface area (Å²) in [5.74, 6) is -0.593. The van der Waals surface area contributed by atoms with E-state index in [1.165, 1.54) is 18.1 Å². The molecule has 0 spiro atoms. The van der Waals surface area contributed by atoms with Crippen molar-refractivity contribution in [1.29, 1.82) is 0 Å². The summed E-state index contributed by atoms with van der Waals surface area (Å²) in [6, 6.07) is 9.17. The largest absolute Gasteiger partial charge is 0.447 e. The van der Waals surface area contributed by atoms with Crippen molar-refractivity contribution in [2.75, 3.05) is 26.2 Å². The van der Waals surface area contributed by atoms with Crippen molar-refractivity contribution in [1.82, 2.24) is 10.2 Å². The van der Waals surface area contributed by atoms with Crippen molar-refractivity contribution in [2.45, 2.75) is 13.0 Å². The number of esters is 1. The molecule has 110 valence electrons. The van der Waals surface area contributed by atoms with Gasteiger partial charge in [0.15, 0.2) is 0 Å². The maximum Gasteiger partial charge on any atom is 0.303 e. The molecule has 1 unspecified atom stereocenters. The summed E-state index contributed by atoms with van der Waals surface area (Å²) in [5.41, 5.74) is 3.29. The van der Waals surface area contributed by atoms with Gasteiger partial charge in [-0.05, 0) is 11.1 Å². The Bertz CT molecular complexity index is 579. The van der Waals surface area contributed by atoms with E-state index in [0.717, 1.165) is 13.1 Å². The summed E-state index contributed by atoms with van der Waals surface area (Å²) in [7, 11) is 0. The van der Waals surface area contributed by atoms with Gasteiger partial charge in [-0.2, -0.15) is 0 Å². The monoisotopic (exact) mass is 286 g/mol. The van der Waals surface area contributed by atoms with Gasteiger partial charge in [-0.3, -0.25) is 9.59 Å². The highest BCUT2D eigenvalue weighted by Crippen LogP contribution is 2.26. The molecule has 1 N–H and O–H groups in total. The predicted octanol–water partition coefficient (Wildman–Crippen LogP) is 1.03. The molecule has 0 bridgehead atoms. The first kappa shape index (κ1) is 13.8. The first-order valence-electron chi connectivity index (χ1n) is 7.06. The zero-order valence-corrected chi connectivity index (χ0v) is 12.0. The molecular weight excluding hydrogens is 268 g/mol. The third-order valence-corrected chi connectivity index (χ3v) is 3.86. The molecule has 1 aromatic carbocycles. The van der Waals surface area contributed by atoms with Gasteiger partial charge < -0.3 is 15.0 Å². The van der Waals surface area contributed by atoms with Gasteiger partial charge in [-0.1, -0.05) is 30.3 Å². The van der Waals surface area contributed by atoms with Crippen molar-refractivity contribution in [3.05, 3.63) is 47.0 Å². The highest BCUT2D eigenvalue weighted by Gasteiger charge is 2.34. The first-order valence-corrected chi connectivity index (χ1v) is 7.06. The first-order chi connectivity index (χ1) is 10.1. The van der Waals surface area contributed by atoms with Crippen LogP contribution >= 0.6 is 0 Å². The summed E-state index contributed by atoms with van der Waals surface area (Å²) in [5, 5.41) is 3.28. The maximum atomic E-state index is 12.7. The van der Waals surface area contributed by atoms with E-state index in [0.29, 0.717) is 18.7 Å². The lowest BCUT2D eigenvalue weighted by Crippen LogP contribution is -2.37. The van der Waals surface area contributed by atoms with E-state index in [2.05, 4.69) is 5.32 Å². The Balaban J connectivity index is 1.77. The van der Waals surface area contributed by atoms with Crippen molar-refractivity contribution >= 4 is 11.9 Å². The summed E-state index contributed by atoms with van der Waals surface area (Å²) in [4.78, 5) is 25.8. The molecule has 2 aliphatic heterocycles. The second-order valence-electron chi connectivity index (χ2n) is 5.41. The van der Waals surface area contributed by atoms with Crippen LogP contribution in [0.3, 0.4) is 0 Å². The van der Waals surface area contributed by atoms with Crippen molar-refractivity contribution < 1.29 is 14.3 Å². The van der Waals surface area contributed by atoms with Gasteiger partial charge in [0.1, 0.15) is 0 Å². The number of hydrogen-bond donors (Lipinski definition) is 1. The van der Waals surface area contributed by atoms with Crippen LogP contribution in [-0.4, -0.2) is 43.0 Å². The topological polar surface area (TPSA) is 58.6 Å². The molecule has 1 atom stereocenters. The lowest BCUT2D eigenvalue weighted by Gasteiger charge is -2.24. The molecule has 1 amide bonds. The van der Waals surface area contributed by atoms with Crippen LogP contribution in [0.2, 0.25) is 0 Å². The van der Waals surface area contributed by atoms with E-state index >= 15 is 0 Å². The Hall–Kier alpha value is -2.14. The molecule has 0 saturated heterocycles. The summed E-state index contributed by atoms with van der Waals surface area (Å²) in [6.45, 7) is 4.29. The Labute approximate surface area is 123 Å². The van der Waals surface area contributed by atoms with E-state index in [4.69, 9.17) is 4.74 Å². The van der Waals surface area contributed by atoms with Crippen LogP contribution in [0.25, 0.3) is 0 Å². The van der Waals surface area contributed by atoms with Crippen LogP contribution in [0, 0.1) is 0 Å². The Kier molecular flexibility index (Phi) is 3.75. The zero-order chi connectivity index (χ0) is 14.8. The molecule has 5 nitrogen and oxygen atoms in total. The lowest BCUT2D eigenvalue weighted by atomic mass is 10.1. The molecule has 0 aromatic heterocycles. The third-order valence-electron chi connectivity index (χ3n) is 3.86. The number of benzene rings is 1. The molecule has 5 heteroatoms. The van der Waals surface area contributed by atoms with Gasteiger partial charge in [0.2, 0.25) is 6.10 Å². The number of amides is 1. The van der Waals surface area contributed by atoms with Crippen LogP contribution in [0.1, 0.15) is 18.6 Å². The highest BCUT2D eigenvalue weighted by atomic mass is 16.5. The van der Waals surface area contributed by atoms with Crippen molar-refractivity contribution in [3.63, 3.8) is 0 Å². The highest BCUT2D eigenvalue weighted by molar-refractivity contribution is 5.85. The number of nitrogens with one attached hydrogen (secondary N) is 1. The van der Waals surface area contributed by atoms with Crippen LogP contribution in [-0.2, 0) is 14.3 Å². The average molecular weight is 286 g/mol. The summed E-state index contributed by atoms with van der Waals surface area (Å²) < 4.78 is 5.27. The molecule has 2 heterocycles. The second-order valence-corrected chi connectivity index (χ2v) is 5.41. The van der Waals surface area contributed by atoms with E-state index < -0.39 is 12.1 Å². The molecule has 0 fully saturated rings. The standard InChI is InChI=1S/C16H18N2O3/c1-11(19)21-15(12-5-3-2-4-6-12)16(20)18-9-13-7-17-8-14(13)10-18/h2-6,15,17H,7-10H2,1H3. The minimum absolute atomic E-state index is 0.147. The van der Waals surface area contributed by atoms with Crippen LogP contribution < -0.4 is 5.32 Å². The van der Waals surface area contributed by atoms with Gasteiger partial charge in [0, 0.05) is 38.7 Å².